The monoisotopic (exact) mass is 335 g/mol. The molecule has 1 heterocycles. The Labute approximate surface area is 149 Å². The van der Waals surface area contributed by atoms with Crippen molar-refractivity contribution >= 4 is 5.78 Å². The highest BCUT2D eigenvalue weighted by atomic mass is 16.5. The molecule has 1 aromatic heterocycles. The minimum absolute atomic E-state index is 0.102. The van der Waals surface area contributed by atoms with Crippen molar-refractivity contribution in [1.29, 1.82) is 0 Å². The Morgan fingerprint density at radius 1 is 1.08 bits per heavy atom. The molecule has 3 aliphatic carbocycles. The van der Waals surface area contributed by atoms with Crippen LogP contribution in [-0.4, -0.2) is 10.8 Å². The van der Waals surface area contributed by atoms with Crippen molar-refractivity contribution in [1.82, 2.24) is 4.98 Å². The molecule has 0 aliphatic heterocycles. The molecule has 0 radical (unpaired) electrons. The highest BCUT2D eigenvalue weighted by Crippen LogP contribution is 2.49. The van der Waals surface area contributed by atoms with Gasteiger partial charge in [0, 0.05) is 24.2 Å². The van der Waals surface area contributed by atoms with Crippen molar-refractivity contribution in [2.75, 3.05) is 0 Å². The highest BCUT2D eigenvalue weighted by molar-refractivity contribution is 5.95. The fraction of sp³-hybridized carbons (Fsp3) is 0.455. The Morgan fingerprint density at radius 2 is 1.84 bits per heavy atom. The lowest BCUT2D eigenvalue weighted by molar-refractivity contribution is 0.0988. The lowest BCUT2D eigenvalue weighted by atomic mass is 9.63. The van der Waals surface area contributed by atoms with E-state index in [0.29, 0.717) is 17.9 Å². The number of fused-ring (bicyclic) bond motifs is 3. The standard InChI is InChI=1S/C22H25NO2/c1-2-21(24)18-9-12-22(23-14-18)25-19-10-7-17(8-11-19)20-13-15-3-5-16(20)6-4-15/h7-12,14-16,20H,2-6,13H2,1H3. The molecule has 3 saturated carbocycles. The maximum atomic E-state index is 11.6. The Morgan fingerprint density at radius 3 is 2.40 bits per heavy atom. The van der Waals surface area contributed by atoms with E-state index in [9.17, 15) is 4.79 Å². The van der Waals surface area contributed by atoms with Gasteiger partial charge in [0.15, 0.2) is 5.78 Å². The fourth-order valence-corrected chi connectivity index (χ4v) is 4.50. The second kappa shape index (κ2) is 6.99. The average molecular weight is 335 g/mol. The van der Waals surface area contributed by atoms with Gasteiger partial charge in [-0.3, -0.25) is 4.79 Å². The van der Waals surface area contributed by atoms with E-state index >= 15 is 0 Å². The molecule has 5 rings (SSSR count). The number of carbonyl (C=O) groups is 1. The maximum absolute atomic E-state index is 11.6. The van der Waals surface area contributed by atoms with E-state index in [2.05, 4.69) is 17.1 Å². The zero-order chi connectivity index (χ0) is 17.2. The number of rotatable bonds is 5. The molecule has 1 aromatic carbocycles. The first-order chi connectivity index (χ1) is 12.2. The number of Topliss-reactive ketones (excluding diaryl/α,β-unsaturated/α-hetero) is 1. The first kappa shape index (κ1) is 16.3. The first-order valence-corrected chi connectivity index (χ1v) is 9.50. The summed E-state index contributed by atoms with van der Waals surface area (Å²) in [4.78, 5) is 15.9. The zero-order valence-electron chi connectivity index (χ0n) is 14.8. The summed E-state index contributed by atoms with van der Waals surface area (Å²) in [7, 11) is 0. The van der Waals surface area contributed by atoms with Crippen LogP contribution in [0.25, 0.3) is 0 Å². The van der Waals surface area contributed by atoms with E-state index in [1.165, 1.54) is 37.7 Å². The largest absolute Gasteiger partial charge is 0.439 e. The van der Waals surface area contributed by atoms with Crippen LogP contribution in [0.1, 0.15) is 67.3 Å². The Hall–Kier alpha value is -2.16. The molecule has 0 saturated heterocycles. The minimum Gasteiger partial charge on any atom is -0.439 e. The van der Waals surface area contributed by atoms with Crippen LogP contribution in [-0.2, 0) is 0 Å². The van der Waals surface area contributed by atoms with E-state index in [-0.39, 0.29) is 5.78 Å². The van der Waals surface area contributed by atoms with E-state index in [4.69, 9.17) is 4.74 Å². The predicted molar refractivity (Wildman–Crippen MR) is 98.2 cm³/mol. The fourth-order valence-electron chi connectivity index (χ4n) is 4.50. The van der Waals surface area contributed by atoms with Gasteiger partial charge in [-0.1, -0.05) is 31.9 Å². The third kappa shape index (κ3) is 3.46. The maximum Gasteiger partial charge on any atom is 0.219 e. The number of ether oxygens (including phenoxy) is 1. The lowest BCUT2D eigenvalue weighted by Gasteiger charge is -2.42. The topological polar surface area (TPSA) is 39.2 Å². The number of carbonyl (C=O) groups excluding carboxylic acids is 1. The van der Waals surface area contributed by atoms with Gasteiger partial charge in [0.1, 0.15) is 5.75 Å². The van der Waals surface area contributed by atoms with E-state index in [1.54, 1.807) is 18.3 Å². The Bertz CT molecular complexity index is 728. The van der Waals surface area contributed by atoms with Gasteiger partial charge in [-0.25, -0.2) is 4.98 Å². The molecule has 2 bridgehead atoms. The molecule has 3 fully saturated rings. The van der Waals surface area contributed by atoms with Gasteiger partial charge >= 0.3 is 0 Å². The van der Waals surface area contributed by atoms with Crippen LogP contribution in [0.2, 0.25) is 0 Å². The molecule has 3 aliphatic rings. The van der Waals surface area contributed by atoms with Crippen LogP contribution in [0, 0.1) is 11.8 Å². The molecule has 2 aromatic rings. The van der Waals surface area contributed by atoms with Crippen LogP contribution in [0.3, 0.4) is 0 Å². The summed E-state index contributed by atoms with van der Waals surface area (Å²) in [5.41, 5.74) is 2.09. The second-order valence-corrected chi connectivity index (χ2v) is 7.46. The molecule has 0 N–H and O–H groups in total. The first-order valence-electron chi connectivity index (χ1n) is 9.50. The quantitative estimate of drug-likeness (QED) is 0.652. The Balaban J connectivity index is 1.43. The van der Waals surface area contributed by atoms with Gasteiger partial charge in [0.2, 0.25) is 5.88 Å². The molecule has 1 atom stereocenters. The van der Waals surface area contributed by atoms with Crippen molar-refractivity contribution in [2.45, 2.75) is 51.4 Å². The van der Waals surface area contributed by atoms with Crippen LogP contribution >= 0.6 is 0 Å². The van der Waals surface area contributed by atoms with Gasteiger partial charge < -0.3 is 4.74 Å². The summed E-state index contributed by atoms with van der Waals surface area (Å²) >= 11 is 0. The lowest BCUT2D eigenvalue weighted by Crippen LogP contribution is -2.29. The molecule has 1 unspecified atom stereocenters. The minimum atomic E-state index is 0.102. The normalized spacial score (nSPS) is 24.9. The van der Waals surface area contributed by atoms with Crippen LogP contribution < -0.4 is 4.74 Å². The summed E-state index contributed by atoms with van der Waals surface area (Å²) in [5.74, 6) is 3.98. The molecule has 3 heteroatoms. The number of hydrogen-bond acceptors (Lipinski definition) is 3. The number of hydrogen-bond donors (Lipinski definition) is 0. The Kier molecular flexibility index (Phi) is 4.56. The number of pyridine rings is 1. The summed E-state index contributed by atoms with van der Waals surface area (Å²) < 4.78 is 5.83. The second-order valence-electron chi connectivity index (χ2n) is 7.46. The van der Waals surface area contributed by atoms with Crippen molar-refractivity contribution in [2.24, 2.45) is 11.8 Å². The molecular weight excluding hydrogens is 310 g/mol. The number of nitrogens with zero attached hydrogens (tertiary/aromatic N) is 1. The third-order valence-electron chi connectivity index (χ3n) is 5.96. The molecular formula is C22H25NO2. The predicted octanol–water partition coefficient (Wildman–Crippen LogP) is 5.76. The van der Waals surface area contributed by atoms with Crippen molar-refractivity contribution in [3.05, 3.63) is 53.7 Å². The van der Waals surface area contributed by atoms with Crippen LogP contribution in [0.4, 0.5) is 0 Å². The molecule has 130 valence electrons. The SMILES string of the molecule is CCC(=O)c1ccc(Oc2ccc(C3CC4CCC3CC4)cc2)nc1. The van der Waals surface area contributed by atoms with Crippen molar-refractivity contribution in [3.63, 3.8) is 0 Å². The molecule has 0 amide bonds. The highest BCUT2D eigenvalue weighted by Gasteiger charge is 2.36. The summed E-state index contributed by atoms with van der Waals surface area (Å²) in [6.07, 6.45) is 9.12. The third-order valence-corrected chi connectivity index (χ3v) is 5.96. The molecule has 3 nitrogen and oxygen atoms in total. The van der Waals surface area contributed by atoms with E-state index < -0.39 is 0 Å². The number of ketones is 1. The smallest absolute Gasteiger partial charge is 0.219 e. The number of benzene rings is 1. The van der Waals surface area contributed by atoms with Crippen LogP contribution in [0.5, 0.6) is 11.6 Å². The van der Waals surface area contributed by atoms with E-state index in [1.807, 2.05) is 19.1 Å². The summed E-state index contributed by atoms with van der Waals surface area (Å²) in [6, 6.07) is 12.1. The number of aromatic nitrogens is 1. The van der Waals surface area contributed by atoms with Gasteiger partial charge in [-0.05, 0) is 60.8 Å². The van der Waals surface area contributed by atoms with Gasteiger partial charge in [-0.15, -0.1) is 0 Å². The van der Waals surface area contributed by atoms with Crippen molar-refractivity contribution < 1.29 is 9.53 Å². The summed E-state index contributed by atoms with van der Waals surface area (Å²) in [6.45, 7) is 1.85. The zero-order valence-corrected chi connectivity index (χ0v) is 14.8. The van der Waals surface area contributed by atoms with E-state index in [0.717, 1.165) is 23.5 Å². The van der Waals surface area contributed by atoms with Crippen molar-refractivity contribution in [3.8, 4) is 11.6 Å². The van der Waals surface area contributed by atoms with Gasteiger partial charge in [0.05, 0.1) is 0 Å². The average Bonchev–Trinajstić information content (AvgIpc) is 2.69. The van der Waals surface area contributed by atoms with Gasteiger partial charge in [-0.2, -0.15) is 0 Å². The summed E-state index contributed by atoms with van der Waals surface area (Å²) in [5, 5.41) is 0. The molecule has 25 heavy (non-hydrogen) atoms. The van der Waals surface area contributed by atoms with Crippen LogP contribution in [0.15, 0.2) is 42.6 Å². The van der Waals surface area contributed by atoms with Gasteiger partial charge in [0.25, 0.3) is 0 Å². The molecule has 0 spiro atoms.